The second-order valence-corrected chi connectivity index (χ2v) is 4.68. The van der Waals surface area contributed by atoms with Crippen LogP contribution in [-0.2, 0) is 9.53 Å². The van der Waals surface area contributed by atoms with Gasteiger partial charge in [0, 0.05) is 24.8 Å². The van der Waals surface area contributed by atoms with Crippen molar-refractivity contribution in [1.29, 1.82) is 0 Å². The molecule has 1 aromatic rings. The number of halogens is 3. The number of benzene rings is 1. The van der Waals surface area contributed by atoms with E-state index in [1.807, 2.05) is 0 Å². The van der Waals surface area contributed by atoms with Crippen molar-refractivity contribution in [2.75, 3.05) is 25.6 Å². The predicted molar refractivity (Wildman–Crippen MR) is 72.1 cm³/mol. The van der Waals surface area contributed by atoms with Crippen molar-refractivity contribution in [3.8, 4) is 0 Å². The van der Waals surface area contributed by atoms with Crippen molar-refractivity contribution in [2.24, 2.45) is 0 Å². The molecule has 0 spiro atoms. The number of ether oxygens (including phenoxy) is 1. The Morgan fingerprint density at radius 3 is 2.27 bits per heavy atom. The molecule has 0 bridgehead atoms. The first-order valence-corrected chi connectivity index (χ1v) is 6.18. The molecule has 0 N–H and O–H groups in total. The van der Waals surface area contributed by atoms with Crippen LogP contribution in [0.4, 0.5) is 18.9 Å². The van der Waals surface area contributed by atoms with Gasteiger partial charge in [-0.25, -0.2) is 0 Å². The van der Waals surface area contributed by atoms with Crippen LogP contribution < -0.4 is 4.90 Å². The van der Waals surface area contributed by atoms with Crippen LogP contribution in [-0.4, -0.2) is 43.3 Å². The molecule has 22 heavy (non-hydrogen) atoms. The van der Waals surface area contributed by atoms with Gasteiger partial charge >= 0.3 is 6.18 Å². The highest BCUT2D eigenvalue weighted by Crippen LogP contribution is 2.32. The minimum atomic E-state index is -4.79. The van der Waals surface area contributed by atoms with Gasteiger partial charge in [0.05, 0.1) is 6.42 Å². The highest BCUT2D eigenvalue weighted by Gasteiger charge is 2.53. The molecule has 9 heteroatoms. The highest BCUT2D eigenvalue weighted by atomic mass is 19.4. The summed E-state index contributed by atoms with van der Waals surface area (Å²) in [6, 6.07) is 7.84. The van der Waals surface area contributed by atoms with E-state index in [4.69, 9.17) is 0 Å². The van der Waals surface area contributed by atoms with Crippen LogP contribution in [0.1, 0.15) is 6.42 Å². The van der Waals surface area contributed by atoms with E-state index >= 15 is 0 Å². The molecule has 0 saturated heterocycles. The summed E-state index contributed by atoms with van der Waals surface area (Å²) in [7, 11) is 2.09. The van der Waals surface area contributed by atoms with E-state index in [0.717, 1.165) is 12.0 Å². The van der Waals surface area contributed by atoms with Gasteiger partial charge in [-0.15, -0.1) is 0 Å². The van der Waals surface area contributed by atoms with Crippen LogP contribution in [0.25, 0.3) is 0 Å². The first kappa shape index (κ1) is 17.9. The van der Waals surface area contributed by atoms with Crippen LogP contribution in [0.2, 0.25) is 0 Å². The molecule has 122 valence electrons. The molecule has 0 fully saturated rings. The number of rotatable bonds is 6. The summed E-state index contributed by atoms with van der Waals surface area (Å²) in [5.41, 5.74) is -2.30. The molecule has 0 heterocycles. The van der Waals surface area contributed by atoms with E-state index in [1.165, 1.54) is 19.2 Å². The fourth-order valence-corrected chi connectivity index (χ4v) is 2.03. The molecule has 1 unspecified atom stereocenters. The third-order valence-electron chi connectivity index (χ3n) is 3.10. The number of para-hydroxylation sites is 1. The number of carbonyl (C=O) groups is 1. The molecule has 6 nitrogen and oxygen atoms in total. The van der Waals surface area contributed by atoms with E-state index < -0.39 is 35.6 Å². The van der Waals surface area contributed by atoms with Gasteiger partial charge in [0.15, 0.2) is 0 Å². The lowest BCUT2D eigenvalue weighted by molar-refractivity contribution is -0.499. The number of nitrogens with zero attached hydrogens (tertiary/aromatic N) is 2. The van der Waals surface area contributed by atoms with Gasteiger partial charge in [0.25, 0.3) is 5.91 Å². The minimum Gasteiger partial charge on any atom is -0.362 e. The molecule has 1 aromatic carbocycles. The Balaban J connectivity index is 3.19. The van der Waals surface area contributed by atoms with Gasteiger partial charge in [-0.05, 0) is 12.1 Å². The summed E-state index contributed by atoms with van der Waals surface area (Å²) < 4.78 is 42.9. The zero-order chi connectivity index (χ0) is 17.0. The number of amides is 1. The number of methoxy groups -OCH3 is 1. The van der Waals surface area contributed by atoms with E-state index in [-0.39, 0.29) is 0 Å². The lowest BCUT2D eigenvalue weighted by Gasteiger charge is -2.32. The Bertz CT molecular complexity index is 536. The Morgan fingerprint density at radius 2 is 1.86 bits per heavy atom. The van der Waals surface area contributed by atoms with E-state index in [0.29, 0.717) is 5.69 Å². The standard InChI is InChI=1S/C13H15F3N2O4/c1-17(10-6-4-3-5-7-10)11(19)12(22-2,9-18(20)21)8-13(14,15)16/h3-7H,8-9H2,1-2H3. The average molecular weight is 320 g/mol. The molecule has 0 aliphatic heterocycles. The monoisotopic (exact) mass is 320 g/mol. The minimum absolute atomic E-state index is 0.305. The van der Waals surface area contributed by atoms with Crippen LogP contribution in [0.15, 0.2) is 30.3 Å². The first-order chi connectivity index (χ1) is 10.1. The lowest BCUT2D eigenvalue weighted by atomic mass is 9.96. The van der Waals surface area contributed by atoms with Crippen molar-refractivity contribution in [3.63, 3.8) is 0 Å². The maximum Gasteiger partial charge on any atom is 0.392 e. The van der Waals surface area contributed by atoms with Gasteiger partial charge in [0.2, 0.25) is 12.1 Å². The molecule has 0 radical (unpaired) electrons. The van der Waals surface area contributed by atoms with Gasteiger partial charge in [-0.1, -0.05) is 18.2 Å². The van der Waals surface area contributed by atoms with E-state index in [2.05, 4.69) is 4.74 Å². The Labute approximate surface area is 124 Å². The molecule has 0 aliphatic rings. The second-order valence-electron chi connectivity index (χ2n) is 4.68. The first-order valence-electron chi connectivity index (χ1n) is 6.18. The van der Waals surface area contributed by atoms with Crippen molar-refractivity contribution in [1.82, 2.24) is 0 Å². The summed E-state index contributed by atoms with van der Waals surface area (Å²) in [5, 5.41) is 10.7. The van der Waals surface area contributed by atoms with Crippen LogP contribution >= 0.6 is 0 Å². The maximum atomic E-state index is 12.7. The third kappa shape index (κ3) is 4.42. The molecular weight excluding hydrogens is 305 g/mol. The Morgan fingerprint density at radius 1 is 1.32 bits per heavy atom. The fourth-order valence-electron chi connectivity index (χ4n) is 2.03. The average Bonchev–Trinajstić information content (AvgIpc) is 2.43. The summed E-state index contributed by atoms with van der Waals surface area (Å²) >= 11 is 0. The number of alkyl halides is 3. The summed E-state index contributed by atoms with van der Waals surface area (Å²) in [6.07, 6.45) is -6.54. The fraction of sp³-hybridized carbons (Fsp3) is 0.462. The zero-order valence-electron chi connectivity index (χ0n) is 12.0. The van der Waals surface area contributed by atoms with E-state index in [1.54, 1.807) is 18.2 Å². The smallest absolute Gasteiger partial charge is 0.362 e. The van der Waals surface area contributed by atoms with Crippen LogP contribution in [0, 0.1) is 10.1 Å². The zero-order valence-corrected chi connectivity index (χ0v) is 12.0. The quantitative estimate of drug-likeness (QED) is 0.595. The van der Waals surface area contributed by atoms with Crippen molar-refractivity contribution >= 4 is 11.6 Å². The Kier molecular flexibility index (Phi) is 5.48. The molecule has 0 aliphatic carbocycles. The van der Waals surface area contributed by atoms with Gasteiger partial charge in [0.1, 0.15) is 0 Å². The molecule has 0 aromatic heterocycles. The van der Waals surface area contributed by atoms with Gasteiger partial charge in [-0.2, -0.15) is 13.2 Å². The highest BCUT2D eigenvalue weighted by molar-refractivity contribution is 5.99. The lowest BCUT2D eigenvalue weighted by Crippen LogP contribution is -2.55. The van der Waals surface area contributed by atoms with Crippen molar-refractivity contribution < 1.29 is 27.6 Å². The number of anilines is 1. The van der Waals surface area contributed by atoms with Crippen molar-refractivity contribution in [3.05, 3.63) is 40.4 Å². The largest absolute Gasteiger partial charge is 0.392 e. The normalized spacial score (nSPS) is 14.2. The van der Waals surface area contributed by atoms with E-state index in [9.17, 15) is 28.1 Å². The summed E-state index contributed by atoms with van der Waals surface area (Å²) in [4.78, 5) is 23.0. The SMILES string of the molecule is COC(C[N+](=O)[O-])(CC(F)(F)F)C(=O)N(C)c1ccccc1. The number of hydrogen-bond donors (Lipinski definition) is 0. The molecule has 0 saturated carbocycles. The summed E-state index contributed by atoms with van der Waals surface area (Å²) in [6.45, 7) is -1.28. The number of nitro groups is 1. The molecule has 1 atom stereocenters. The number of hydrogen-bond acceptors (Lipinski definition) is 4. The maximum absolute atomic E-state index is 12.7. The molecule has 1 rings (SSSR count). The van der Waals surface area contributed by atoms with Gasteiger partial charge in [-0.3, -0.25) is 14.9 Å². The van der Waals surface area contributed by atoms with Crippen molar-refractivity contribution in [2.45, 2.75) is 18.2 Å². The number of likely N-dealkylation sites (N-methyl/N-ethyl adjacent to an activating group) is 1. The third-order valence-corrected chi connectivity index (χ3v) is 3.10. The Hall–Kier alpha value is -2.16. The second kappa shape index (κ2) is 6.73. The number of carbonyl (C=O) groups excluding carboxylic acids is 1. The molecule has 1 amide bonds. The predicted octanol–water partition coefficient (Wildman–Crippen LogP) is 2.26. The van der Waals surface area contributed by atoms with Crippen LogP contribution in [0.3, 0.4) is 0 Å². The molecular formula is C13H15F3N2O4. The van der Waals surface area contributed by atoms with Gasteiger partial charge < -0.3 is 9.64 Å². The summed E-state index contributed by atoms with van der Waals surface area (Å²) in [5.74, 6) is -1.13. The topological polar surface area (TPSA) is 72.7 Å². The van der Waals surface area contributed by atoms with Crippen LogP contribution in [0.5, 0.6) is 0 Å².